The Hall–Kier alpha value is -1.88. The van der Waals surface area contributed by atoms with Gasteiger partial charge in [0.05, 0.1) is 0 Å². The zero-order valence-electron chi connectivity index (χ0n) is 9.98. The Morgan fingerprint density at radius 3 is 2.94 bits per heavy atom. The highest BCUT2D eigenvalue weighted by Gasteiger charge is 2.20. The highest BCUT2D eigenvalue weighted by Crippen LogP contribution is 2.31. The Balaban J connectivity index is 2.22. The summed E-state index contributed by atoms with van der Waals surface area (Å²) in [5.41, 5.74) is 8.66. The maximum atomic E-state index is 11.4. The largest absolute Gasteiger partial charge is 0.481 e. The van der Waals surface area contributed by atoms with Gasteiger partial charge in [0.15, 0.2) is 0 Å². The number of hydrogen-bond donors (Lipinski definition) is 3. The number of hydrogen-bond acceptors (Lipinski definition) is 3. The van der Waals surface area contributed by atoms with Gasteiger partial charge >= 0.3 is 5.97 Å². The summed E-state index contributed by atoms with van der Waals surface area (Å²) in [6.45, 7) is 0. The molecule has 96 valence electrons. The van der Waals surface area contributed by atoms with Gasteiger partial charge < -0.3 is 16.2 Å². The molecule has 0 radical (unpaired) electrons. The molecule has 1 heterocycles. The molecule has 0 saturated heterocycles. The van der Waals surface area contributed by atoms with Crippen molar-refractivity contribution >= 4 is 17.6 Å². The first-order valence-electron chi connectivity index (χ1n) is 5.97. The number of carbonyl (C=O) groups excluding carboxylic acids is 1. The van der Waals surface area contributed by atoms with Crippen LogP contribution in [0.25, 0.3) is 0 Å². The van der Waals surface area contributed by atoms with E-state index in [1.54, 1.807) is 0 Å². The average Bonchev–Trinajstić information content (AvgIpc) is 2.35. The number of para-hydroxylation sites is 1. The number of benzene rings is 1. The number of amides is 1. The Labute approximate surface area is 105 Å². The summed E-state index contributed by atoms with van der Waals surface area (Å²) in [6.07, 6.45) is 1.59. The van der Waals surface area contributed by atoms with Crippen LogP contribution in [0, 0.1) is 0 Å². The maximum Gasteiger partial charge on any atom is 0.303 e. The van der Waals surface area contributed by atoms with Crippen LogP contribution in [-0.4, -0.2) is 17.0 Å². The predicted octanol–water partition coefficient (Wildman–Crippen LogP) is 1.44. The van der Waals surface area contributed by atoms with Crippen molar-refractivity contribution in [2.45, 2.75) is 31.7 Å². The van der Waals surface area contributed by atoms with E-state index in [1.807, 2.05) is 18.2 Å². The van der Waals surface area contributed by atoms with Crippen molar-refractivity contribution in [1.29, 1.82) is 0 Å². The molecule has 0 aliphatic carbocycles. The summed E-state index contributed by atoms with van der Waals surface area (Å²) in [5, 5.41) is 11.5. The molecule has 1 aliphatic rings. The van der Waals surface area contributed by atoms with Gasteiger partial charge in [0.1, 0.15) is 0 Å². The molecular weight excluding hydrogens is 232 g/mol. The van der Waals surface area contributed by atoms with Gasteiger partial charge in [0, 0.05) is 24.6 Å². The van der Waals surface area contributed by atoms with Gasteiger partial charge in [0.25, 0.3) is 0 Å². The Morgan fingerprint density at radius 1 is 1.44 bits per heavy atom. The minimum absolute atomic E-state index is 0.0135. The van der Waals surface area contributed by atoms with Crippen molar-refractivity contribution in [3.8, 4) is 0 Å². The third kappa shape index (κ3) is 2.68. The van der Waals surface area contributed by atoms with E-state index < -0.39 is 5.97 Å². The van der Waals surface area contributed by atoms with Gasteiger partial charge in [-0.1, -0.05) is 18.2 Å². The van der Waals surface area contributed by atoms with Crippen LogP contribution < -0.4 is 11.1 Å². The van der Waals surface area contributed by atoms with Gasteiger partial charge in [-0.25, -0.2) is 0 Å². The number of fused-ring (bicyclic) bond motifs is 1. The number of nitrogens with one attached hydrogen (secondary N) is 1. The van der Waals surface area contributed by atoms with E-state index in [0.29, 0.717) is 19.3 Å². The molecule has 0 fully saturated rings. The quantitative estimate of drug-likeness (QED) is 0.751. The molecule has 18 heavy (non-hydrogen) atoms. The molecular formula is C13H16N2O3. The summed E-state index contributed by atoms with van der Waals surface area (Å²) < 4.78 is 0. The molecule has 1 unspecified atom stereocenters. The van der Waals surface area contributed by atoms with Crippen LogP contribution in [0.3, 0.4) is 0 Å². The molecule has 0 bridgehead atoms. The van der Waals surface area contributed by atoms with E-state index in [4.69, 9.17) is 10.8 Å². The van der Waals surface area contributed by atoms with Crippen molar-refractivity contribution in [2.24, 2.45) is 5.73 Å². The fraction of sp³-hybridized carbons (Fsp3) is 0.385. The number of nitrogens with two attached hydrogens (primary N) is 1. The second-order valence-corrected chi connectivity index (χ2v) is 4.47. The van der Waals surface area contributed by atoms with Crippen molar-refractivity contribution in [3.63, 3.8) is 0 Å². The standard InChI is InChI=1S/C13H16N2O3/c14-10(5-7-12(17)18)9-3-1-2-8-4-6-11(16)15-13(8)9/h1-3,10H,4-7,14H2,(H,15,16)(H,17,18). The monoisotopic (exact) mass is 248 g/mol. The first-order valence-corrected chi connectivity index (χ1v) is 5.97. The highest BCUT2D eigenvalue weighted by molar-refractivity contribution is 5.94. The van der Waals surface area contributed by atoms with E-state index in [1.165, 1.54) is 0 Å². The molecule has 5 heteroatoms. The third-order valence-corrected chi connectivity index (χ3v) is 3.14. The highest BCUT2D eigenvalue weighted by atomic mass is 16.4. The lowest BCUT2D eigenvalue weighted by molar-refractivity contribution is -0.137. The van der Waals surface area contributed by atoms with Crippen LogP contribution in [0.2, 0.25) is 0 Å². The van der Waals surface area contributed by atoms with Gasteiger partial charge in [-0.05, 0) is 24.0 Å². The second-order valence-electron chi connectivity index (χ2n) is 4.47. The van der Waals surface area contributed by atoms with Gasteiger partial charge in [-0.2, -0.15) is 0 Å². The van der Waals surface area contributed by atoms with E-state index in [2.05, 4.69) is 5.32 Å². The lowest BCUT2D eigenvalue weighted by Gasteiger charge is -2.23. The second kappa shape index (κ2) is 5.18. The van der Waals surface area contributed by atoms with Crippen LogP contribution in [0.1, 0.15) is 36.4 Å². The summed E-state index contributed by atoms with van der Waals surface area (Å²) >= 11 is 0. The molecule has 2 rings (SSSR count). The summed E-state index contributed by atoms with van der Waals surface area (Å²) in [7, 11) is 0. The van der Waals surface area contributed by atoms with Crippen LogP contribution in [-0.2, 0) is 16.0 Å². The number of aliphatic carboxylic acids is 1. The molecule has 0 saturated carbocycles. The molecule has 1 amide bonds. The normalized spacial score (nSPS) is 15.7. The lowest BCUT2D eigenvalue weighted by atomic mass is 9.94. The van der Waals surface area contributed by atoms with Gasteiger partial charge in [-0.3, -0.25) is 9.59 Å². The molecule has 1 atom stereocenters. The van der Waals surface area contributed by atoms with Crippen LogP contribution in [0.5, 0.6) is 0 Å². The maximum absolute atomic E-state index is 11.4. The zero-order valence-corrected chi connectivity index (χ0v) is 9.98. The van der Waals surface area contributed by atoms with Crippen LogP contribution in [0.15, 0.2) is 18.2 Å². The summed E-state index contributed by atoms with van der Waals surface area (Å²) in [6, 6.07) is 5.33. The number of anilines is 1. The number of carboxylic acids is 1. The number of carbonyl (C=O) groups is 2. The Kier molecular flexibility index (Phi) is 3.62. The molecule has 1 aliphatic heterocycles. The number of aryl methyl sites for hydroxylation is 1. The number of carboxylic acid groups (broad SMARTS) is 1. The van der Waals surface area contributed by atoms with E-state index in [0.717, 1.165) is 16.8 Å². The Bertz CT molecular complexity index is 485. The van der Waals surface area contributed by atoms with E-state index in [-0.39, 0.29) is 18.4 Å². The molecule has 5 nitrogen and oxygen atoms in total. The van der Waals surface area contributed by atoms with Crippen molar-refractivity contribution in [1.82, 2.24) is 0 Å². The fourth-order valence-corrected chi connectivity index (χ4v) is 2.17. The molecule has 4 N–H and O–H groups in total. The third-order valence-electron chi connectivity index (χ3n) is 3.14. The average molecular weight is 248 g/mol. The molecule has 1 aromatic carbocycles. The zero-order chi connectivity index (χ0) is 13.1. The first kappa shape index (κ1) is 12.6. The SMILES string of the molecule is NC(CCC(=O)O)c1cccc2c1NC(=O)CC2. The molecule has 1 aromatic rings. The fourth-order valence-electron chi connectivity index (χ4n) is 2.17. The lowest BCUT2D eigenvalue weighted by Crippen LogP contribution is -2.23. The van der Waals surface area contributed by atoms with Crippen molar-refractivity contribution in [2.75, 3.05) is 5.32 Å². The summed E-state index contributed by atoms with van der Waals surface area (Å²) in [5.74, 6) is -0.875. The first-order chi connectivity index (χ1) is 8.58. The van der Waals surface area contributed by atoms with E-state index in [9.17, 15) is 9.59 Å². The van der Waals surface area contributed by atoms with Crippen molar-refractivity contribution in [3.05, 3.63) is 29.3 Å². The smallest absolute Gasteiger partial charge is 0.303 e. The van der Waals surface area contributed by atoms with Crippen LogP contribution >= 0.6 is 0 Å². The number of rotatable bonds is 4. The minimum atomic E-state index is -0.862. The van der Waals surface area contributed by atoms with Crippen molar-refractivity contribution < 1.29 is 14.7 Å². The summed E-state index contributed by atoms with van der Waals surface area (Å²) in [4.78, 5) is 22.0. The molecule has 0 aromatic heterocycles. The predicted molar refractivity (Wildman–Crippen MR) is 67.2 cm³/mol. The minimum Gasteiger partial charge on any atom is -0.481 e. The van der Waals surface area contributed by atoms with Crippen LogP contribution in [0.4, 0.5) is 5.69 Å². The Morgan fingerprint density at radius 2 is 2.22 bits per heavy atom. The van der Waals surface area contributed by atoms with Gasteiger partial charge in [0.2, 0.25) is 5.91 Å². The van der Waals surface area contributed by atoms with E-state index >= 15 is 0 Å². The van der Waals surface area contributed by atoms with Gasteiger partial charge in [-0.15, -0.1) is 0 Å². The topological polar surface area (TPSA) is 92.4 Å². The molecule has 0 spiro atoms.